The van der Waals surface area contributed by atoms with Gasteiger partial charge >= 0.3 is 0 Å². The van der Waals surface area contributed by atoms with E-state index in [1.54, 1.807) is 0 Å². The molecule has 2 aliphatic carbocycles. The summed E-state index contributed by atoms with van der Waals surface area (Å²) < 4.78 is 11.5. The smallest absolute Gasteiger partial charge is 0.264 e. The summed E-state index contributed by atoms with van der Waals surface area (Å²) in [6.07, 6.45) is 3.00. The van der Waals surface area contributed by atoms with Gasteiger partial charge in [-0.25, -0.2) is 0 Å². The van der Waals surface area contributed by atoms with E-state index >= 15 is 0 Å². The lowest BCUT2D eigenvalue weighted by Crippen LogP contribution is -2.52. The van der Waals surface area contributed by atoms with Crippen molar-refractivity contribution in [3.05, 3.63) is 24.3 Å². The number of rotatable bonds is 2. The zero-order valence-corrected chi connectivity index (χ0v) is 14.1. The van der Waals surface area contributed by atoms with E-state index in [0.717, 1.165) is 6.42 Å². The van der Waals surface area contributed by atoms with Crippen LogP contribution in [0, 0.1) is 16.7 Å². The van der Waals surface area contributed by atoms with Crippen LogP contribution in [0.25, 0.3) is 0 Å². The molecular formula is C19H25NO3. The minimum atomic E-state index is -0.560. The lowest BCUT2D eigenvalue weighted by Gasteiger charge is -2.40. The summed E-state index contributed by atoms with van der Waals surface area (Å²) >= 11 is 0. The number of hydrogen-bond donors (Lipinski definition) is 1. The summed E-state index contributed by atoms with van der Waals surface area (Å²) in [7, 11) is 0. The van der Waals surface area contributed by atoms with Crippen LogP contribution >= 0.6 is 0 Å². The number of ether oxygens (including phenoxy) is 2. The van der Waals surface area contributed by atoms with Crippen LogP contribution < -0.4 is 14.8 Å². The van der Waals surface area contributed by atoms with Crippen LogP contribution in [0.15, 0.2) is 24.3 Å². The predicted molar refractivity (Wildman–Crippen MR) is 87.5 cm³/mol. The molecule has 4 atom stereocenters. The number of nitrogens with one attached hydrogen (secondary N) is 1. The molecule has 4 rings (SSSR count). The summed E-state index contributed by atoms with van der Waals surface area (Å²) in [4.78, 5) is 12.7. The molecule has 3 aliphatic rings. The van der Waals surface area contributed by atoms with Gasteiger partial charge in [0.2, 0.25) is 6.10 Å². The molecule has 0 unspecified atom stereocenters. The van der Waals surface area contributed by atoms with Crippen molar-refractivity contribution in [1.82, 2.24) is 5.32 Å². The molecule has 2 bridgehead atoms. The second kappa shape index (κ2) is 4.89. The fourth-order valence-corrected chi connectivity index (χ4v) is 4.84. The van der Waals surface area contributed by atoms with Crippen molar-refractivity contribution in [2.24, 2.45) is 16.7 Å². The van der Waals surface area contributed by atoms with Gasteiger partial charge in [-0.3, -0.25) is 4.79 Å². The van der Waals surface area contributed by atoms with Crippen molar-refractivity contribution in [3.8, 4) is 11.5 Å². The molecular weight excluding hydrogens is 290 g/mol. The van der Waals surface area contributed by atoms with Crippen molar-refractivity contribution in [1.29, 1.82) is 0 Å². The van der Waals surface area contributed by atoms with Gasteiger partial charge in [-0.1, -0.05) is 32.9 Å². The van der Waals surface area contributed by atoms with E-state index in [-0.39, 0.29) is 24.0 Å². The molecule has 4 heteroatoms. The van der Waals surface area contributed by atoms with Gasteiger partial charge in [0.25, 0.3) is 5.91 Å². The quantitative estimate of drug-likeness (QED) is 0.912. The number of carbonyl (C=O) groups is 1. The number of amides is 1. The van der Waals surface area contributed by atoms with Gasteiger partial charge in [0.1, 0.15) is 6.61 Å². The summed E-state index contributed by atoms with van der Waals surface area (Å²) in [5.74, 6) is 2.03. The highest BCUT2D eigenvalue weighted by atomic mass is 16.6. The van der Waals surface area contributed by atoms with E-state index in [2.05, 4.69) is 26.1 Å². The van der Waals surface area contributed by atoms with Crippen LogP contribution in [0.1, 0.15) is 40.0 Å². The normalized spacial score (nSPS) is 36.7. The second-order valence-corrected chi connectivity index (χ2v) is 8.04. The molecule has 1 aliphatic heterocycles. The standard InChI is InChI=1S/C19H25NO3/c1-18(2)12-8-9-19(18,3)16(10-12)20-17(21)15-11-22-13-6-4-5-7-14(13)23-15/h4-7,12,15-16H,8-11H2,1-3H3,(H,20,21)/t12-,15-,16+,19-/m0/s1. The first-order chi connectivity index (χ1) is 10.9. The Morgan fingerprint density at radius 3 is 2.61 bits per heavy atom. The topological polar surface area (TPSA) is 47.6 Å². The zero-order valence-electron chi connectivity index (χ0n) is 14.1. The van der Waals surface area contributed by atoms with Gasteiger partial charge in [-0.2, -0.15) is 0 Å². The van der Waals surface area contributed by atoms with Crippen LogP contribution in [-0.4, -0.2) is 24.7 Å². The second-order valence-electron chi connectivity index (χ2n) is 8.04. The number of benzene rings is 1. The van der Waals surface area contributed by atoms with E-state index in [1.165, 1.54) is 12.8 Å². The fourth-order valence-electron chi connectivity index (χ4n) is 4.84. The Kier molecular flexibility index (Phi) is 3.16. The summed E-state index contributed by atoms with van der Waals surface area (Å²) in [6, 6.07) is 7.74. The lowest BCUT2D eigenvalue weighted by atomic mass is 9.69. The Hall–Kier alpha value is -1.71. The monoisotopic (exact) mass is 315 g/mol. The van der Waals surface area contributed by atoms with E-state index in [4.69, 9.17) is 9.47 Å². The van der Waals surface area contributed by atoms with Gasteiger partial charge in [-0.05, 0) is 48.1 Å². The minimum absolute atomic E-state index is 0.0471. The number of fused-ring (bicyclic) bond motifs is 3. The highest BCUT2D eigenvalue weighted by Crippen LogP contribution is 2.65. The SMILES string of the molecule is CC1(C)[C@H]2CC[C@@]1(C)[C@H](NC(=O)[C@@H]1COc3ccccc3O1)C2. The van der Waals surface area contributed by atoms with Gasteiger partial charge in [0.15, 0.2) is 11.5 Å². The third-order valence-corrected chi connectivity index (χ3v) is 6.91. The molecule has 1 heterocycles. The van der Waals surface area contributed by atoms with Crippen molar-refractivity contribution in [2.75, 3.05) is 6.61 Å². The number of para-hydroxylation sites is 2. The van der Waals surface area contributed by atoms with Crippen LogP contribution in [-0.2, 0) is 4.79 Å². The lowest BCUT2D eigenvalue weighted by molar-refractivity contribution is -0.132. The van der Waals surface area contributed by atoms with Crippen LogP contribution in [0.3, 0.4) is 0 Å². The van der Waals surface area contributed by atoms with E-state index in [9.17, 15) is 4.79 Å². The first-order valence-corrected chi connectivity index (χ1v) is 8.61. The maximum atomic E-state index is 12.7. The third kappa shape index (κ3) is 2.07. The van der Waals surface area contributed by atoms with Crippen molar-refractivity contribution in [2.45, 2.75) is 52.2 Å². The molecule has 124 valence electrons. The third-order valence-electron chi connectivity index (χ3n) is 6.91. The maximum Gasteiger partial charge on any atom is 0.264 e. The highest BCUT2D eigenvalue weighted by molar-refractivity contribution is 5.82. The largest absolute Gasteiger partial charge is 0.485 e. The zero-order chi connectivity index (χ0) is 16.2. The average Bonchev–Trinajstić information content (AvgIpc) is 2.87. The molecule has 2 saturated carbocycles. The highest BCUT2D eigenvalue weighted by Gasteiger charge is 2.61. The Labute approximate surface area is 137 Å². The Balaban J connectivity index is 1.46. The minimum Gasteiger partial charge on any atom is -0.485 e. The van der Waals surface area contributed by atoms with Gasteiger partial charge < -0.3 is 14.8 Å². The molecule has 0 spiro atoms. The molecule has 1 amide bonds. The summed E-state index contributed by atoms with van der Waals surface area (Å²) in [5, 5.41) is 3.26. The molecule has 4 nitrogen and oxygen atoms in total. The fraction of sp³-hybridized carbons (Fsp3) is 0.632. The van der Waals surface area contributed by atoms with Gasteiger partial charge in [0, 0.05) is 6.04 Å². The molecule has 0 saturated heterocycles. The predicted octanol–water partition coefficient (Wildman–Crippen LogP) is 3.16. The van der Waals surface area contributed by atoms with E-state index < -0.39 is 6.10 Å². The van der Waals surface area contributed by atoms with Gasteiger partial charge in [-0.15, -0.1) is 0 Å². The van der Waals surface area contributed by atoms with Crippen molar-refractivity contribution >= 4 is 5.91 Å². The molecule has 1 aromatic carbocycles. The molecule has 2 fully saturated rings. The Morgan fingerprint density at radius 2 is 1.96 bits per heavy atom. The first-order valence-electron chi connectivity index (χ1n) is 8.61. The number of hydrogen-bond acceptors (Lipinski definition) is 3. The van der Waals surface area contributed by atoms with Gasteiger partial charge in [0.05, 0.1) is 0 Å². The maximum absolute atomic E-state index is 12.7. The van der Waals surface area contributed by atoms with E-state index in [0.29, 0.717) is 22.8 Å². The first kappa shape index (κ1) is 14.9. The molecule has 0 aromatic heterocycles. The molecule has 1 aromatic rings. The summed E-state index contributed by atoms with van der Waals surface area (Å²) in [5.41, 5.74) is 0.474. The van der Waals surface area contributed by atoms with Crippen LogP contribution in [0.5, 0.6) is 11.5 Å². The molecule has 23 heavy (non-hydrogen) atoms. The summed E-state index contributed by atoms with van der Waals surface area (Å²) in [6.45, 7) is 7.32. The number of carbonyl (C=O) groups excluding carboxylic acids is 1. The molecule has 1 N–H and O–H groups in total. The Bertz CT molecular complexity index is 641. The van der Waals surface area contributed by atoms with Crippen molar-refractivity contribution in [3.63, 3.8) is 0 Å². The van der Waals surface area contributed by atoms with Crippen LogP contribution in [0.2, 0.25) is 0 Å². The van der Waals surface area contributed by atoms with Crippen molar-refractivity contribution < 1.29 is 14.3 Å². The Morgan fingerprint density at radius 1 is 1.22 bits per heavy atom. The van der Waals surface area contributed by atoms with E-state index in [1.807, 2.05) is 24.3 Å². The average molecular weight is 315 g/mol. The molecule has 0 radical (unpaired) electrons. The van der Waals surface area contributed by atoms with Crippen LogP contribution in [0.4, 0.5) is 0 Å².